The molecule has 2 rings (SSSR count). The Bertz CT molecular complexity index is 958. The number of amides is 1. The first kappa shape index (κ1) is 20.7. The van der Waals surface area contributed by atoms with Crippen LogP contribution in [0.25, 0.3) is 0 Å². The average molecular weight is 405 g/mol. The lowest BCUT2D eigenvalue weighted by atomic mass is 10.2. The van der Waals surface area contributed by atoms with Crippen molar-refractivity contribution in [3.05, 3.63) is 53.8 Å². The number of anilines is 1. The second kappa shape index (κ2) is 7.55. The first-order chi connectivity index (χ1) is 12.4. The van der Waals surface area contributed by atoms with E-state index < -0.39 is 50.8 Å². The molecule has 2 aromatic carbocycles. The summed E-state index contributed by atoms with van der Waals surface area (Å²) in [5.74, 6) is -2.41. The topological polar surface area (TPSA) is 72.5 Å². The highest BCUT2D eigenvalue weighted by Gasteiger charge is 2.34. The molecular weight excluding hydrogens is 390 g/mol. The number of carbonyl (C=O) groups excluding carboxylic acids is 1. The van der Waals surface area contributed by atoms with E-state index in [1.165, 1.54) is 19.1 Å². The summed E-state index contributed by atoms with van der Waals surface area (Å²) in [6.07, 6.45) is -5.18. The van der Waals surface area contributed by atoms with E-state index in [9.17, 15) is 30.8 Å². The molecule has 0 radical (unpaired) electrons. The third-order valence-corrected chi connectivity index (χ3v) is 4.60. The number of alkyl halides is 3. The van der Waals surface area contributed by atoms with Gasteiger partial charge in [-0.2, -0.15) is 13.2 Å². The Labute approximate surface area is 152 Å². The minimum Gasteiger partial charge on any atom is -0.480 e. The van der Waals surface area contributed by atoms with Gasteiger partial charge in [-0.1, -0.05) is 12.1 Å². The third-order valence-electron chi connectivity index (χ3n) is 3.49. The largest absolute Gasteiger partial charge is 0.480 e. The molecule has 0 saturated heterocycles. The van der Waals surface area contributed by atoms with Crippen LogP contribution in [-0.4, -0.2) is 26.7 Å². The number of rotatable bonds is 5. The van der Waals surface area contributed by atoms with E-state index in [4.69, 9.17) is 4.74 Å². The number of sulfone groups is 1. The van der Waals surface area contributed by atoms with Crippen LogP contribution in [0.5, 0.6) is 5.75 Å². The number of carbonyl (C=O) groups is 1. The maximum atomic E-state index is 13.8. The molecule has 10 heteroatoms. The summed E-state index contributed by atoms with van der Waals surface area (Å²) in [5, 5.41) is 2.12. The van der Waals surface area contributed by atoms with E-state index in [2.05, 4.69) is 5.32 Å². The van der Waals surface area contributed by atoms with Crippen LogP contribution in [0.2, 0.25) is 0 Å². The zero-order chi connectivity index (χ0) is 20.4. The van der Waals surface area contributed by atoms with E-state index >= 15 is 0 Å². The minimum atomic E-state index is -4.68. The second-order valence-electron chi connectivity index (χ2n) is 5.66. The summed E-state index contributed by atoms with van der Waals surface area (Å²) in [5.41, 5.74) is -1.49. The number of halogens is 4. The van der Waals surface area contributed by atoms with Crippen molar-refractivity contribution < 1.29 is 35.5 Å². The van der Waals surface area contributed by atoms with Crippen LogP contribution in [0.15, 0.2) is 47.4 Å². The summed E-state index contributed by atoms with van der Waals surface area (Å²) in [7, 11) is -3.64. The van der Waals surface area contributed by atoms with Crippen molar-refractivity contribution in [2.75, 3.05) is 11.6 Å². The predicted octanol–water partition coefficient (Wildman–Crippen LogP) is 3.65. The highest BCUT2D eigenvalue weighted by molar-refractivity contribution is 7.90. The van der Waals surface area contributed by atoms with E-state index in [0.29, 0.717) is 0 Å². The van der Waals surface area contributed by atoms with Crippen molar-refractivity contribution in [3.63, 3.8) is 0 Å². The van der Waals surface area contributed by atoms with Crippen LogP contribution >= 0.6 is 0 Å². The number of nitrogens with one attached hydrogen (secondary N) is 1. The van der Waals surface area contributed by atoms with Gasteiger partial charge in [-0.05, 0) is 37.3 Å². The van der Waals surface area contributed by atoms with Crippen LogP contribution in [0.3, 0.4) is 0 Å². The molecule has 0 bridgehead atoms. The number of benzene rings is 2. The Morgan fingerprint density at radius 3 is 2.37 bits per heavy atom. The molecule has 5 nitrogen and oxygen atoms in total. The quantitative estimate of drug-likeness (QED) is 0.609. The van der Waals surface area contributed by atoms with Gasteiger partial charge in [0.1, 0.15) is 11.6 Å². The fourth-order valence-electron chi connectivity index (χ4n) is 2.11. The van der Waals surface area contributed by atoms with Gasteiger partial charge < -0.3 is 10.1 Å². The Morgan fingerprint density at radius 2 is 1.78 bits per heavy atom. The first-order valence-electron chi connectivity index (χ1n) is 7.53. The fraction of sp³-hybridized carbons (Fsp3) is 0.235. The molecule has 0 aliphatic rings. The van der Waals surface area contributed by atoms with Crippen molar-refractivity contribution in [1.82, 2.24) is 0 Å². The lowest BCUT2D eigenvalue weighted by Gasteiger charge is -2.18. The van der Waals surface area contributed by atoms with Gasteiger partial charge >= 0.3 is 6.18 Å². The smallest absolute Gasteiger partial charge is 0.419 e. The molecule has 0 saturated carbocycles. The normalized spacial score (nSPS) is 13.1. The van der Waals surface area contributed by atoms with Crippen LogP contribution in [0.1, 0.15) is 12.5 Å². The van der Waals surface area contributed by atoms with Crippen molar-refractivity contribution in [3.8, 4) is 5.75 Å². The zero-order valence-electron chi connectivity index (χ0n) is 14.2. The highest BCUT2D eigenvalue weighted by atomic mass is 32.2. The minimum absolute atomic E-state index is 0.227. The summed E-state index contributed by atoms with van der Waals surface area (Å²) in [6, 6.07) is 7.14. The maximum Gasteiger partial charge on any atom is 0.419 e. The molecule has 0 aliphatic heterocycles. The number of para-hydroxylation sites is 1. The molecule has 0 heterocycles. The Hall–Kier alpha value is -2.62. The second-order valence-corrected chi connectivity index (χ2v) is 7.67. The standard InChI is InChI=1S/C17H15F4NO4S/c1-10(26-15-6-4-3-5-12(15)17(19,20)21)16(23)22-14-9-11(27(2,24)25)7-8-13(14)18/h3-10H,1-2H3,(H,22,23). The molecule has 0 aromatic heterocycles. The van der Waals surface area contributed by atoms with E-state index in [1.54, 1.807) is 0 Å². The van der Waals surface area contributed by atoms with Crippen LogP contribution in [0, 0.1) is 5.82 Å². The summed E-state index contributed by atoms with van der Waals surface area (Å²) in [6.45, 7) is 1.18. The summed E-state index contributed by atoms with van der Waals surface area (Å²) >= 11 is 0. The van der Waals surface area contributed by atoms with Crippen molar-refractivity contribution in [2.45, 2.75) is 24.1 Å². The van der Waals surface area contributed by atoms with Gasteiger partial charge in [0.2, 0.25) is 0 Å². The Balaban J connectivity index is 2.21. The van der Waals surface area contributed by atoms with Crippen molar-refractivity contribution in [2.24, 2.45) is 0 Å². The van der Waals surface area contributed by atoms with Gasteiger partial charge in [0.05, 0.1) is 16.1 Å². The maximum absolute atomic E-state index is 13.8. The highest BCUT2D eigenvalue weighted by Crippen LogP contribution is 2.36. The van der Waals surface area contributed by atoms with E-state index in [1.807, 2.05) is 0 Å². The van der Waals surface area contributed by atoms with Crippen LogP contribution in [0.4, 0.5) is 23.2 Å². The Morgan fingerprint density at radius 1 is 1.15 bits per heavy atom. The van der Waals surface area contributed by atoms with Crippen LogP contribution in [-0.2, 0) is 20.8 Å². The number of hydrogen-bond acceptors (Lipinski definition) is 4. The summed E-state index contributed by atoms with van der Waals surface area (Å²) in [4.78, 5) is 11.9. The molecule has 1 atom stereocenters. The van der Waals surface area contributed by atoms with Gasteiger partial charge in [0, 0.05) is 6.26 Å². The molecular formula is C17H15F4NO4S. The average Bonchev–Trinajstić information content (AvgIpc) is 2.55. The number of ether oxygens (including phenoxy) is 1. The molecule has 146 valence electrons. The van der Waals surface area contributed by atoms with Gasteiger partial charge in [-0.3, -0.25) is 4.79 Å². The molecule has 0 fully saturated rings. The SMILES string of the molecule is CC(Oc1ccccc1C(F)(F)F)C(=O)Nc1cc(S(C)(=O)=O)ccc1F. The van der Waals surface area contributed by atoms with Gasteiger partial charge in [-0.15, -0.1) is 0 Å². The molecule has 2 aromatic rings. The van der Waals surface area contributed by atoms with E-state index in [0.717, 1.165) is 36.6 Å². The zero-order valence-corrected chi connectivity index (χ0v) is 15.0. The summed E-state index contributed by atoms with van der Waals surface area (Å²) < 4.78 is 80.9. The molecule has 0 spiro atoms. The lowest BCUT2D eigenvalue weighted by molar-refractivity contribution is -0.140. The van der Waals surface area contributed by atoms with Gasteiger partial charge in [0.15, 0.2) is 15.9 Å². The third kappa shape index (κ3) is 5.19. The molecule has 1 amide bonds. The molecule has 1 unspecified atom stereocenters. The number of hydrogen-bond donors (Lipinski definition) is 1. The molecule has 0 aliphatic carbocycles. The first-order valence-corrected chi connectivity index (χ1v) is 9.42. The monoisotopic (exact) mass is 405 g/mol. The fourth-order valence-corrected chi connectivity index (χ4v) is 2.76. The lowest BCUT2D eigenvalue weighted by Crippen LogP contribution is -2.31. The van der Waals surface area contributed by atoms with E-state index in [-0.39, 0.29) is 4.90 Å². The van der Waals surface area contributed by atoms with Crippen molar-refractivity contribution >= 4 is 21.4 Å². The molecule has 1 N–H and O–H groups in total. The van der Waals surface area contributed by atoms with Gasteiger partial charge in [0.25, 0.3) is 5.91 Å². The molecule has 27 heavy (non-hydrogen) atoms. The van der Waals surface area contributed by atoms with Crippen LogP contribution < -0.4 is 10.1 Å². The predicted molar refractivity (Wildman–Crippen MR) is 89.7 cm³/mol. The van der Waals surface area contributed by atoms with Gasteiger partial charge in [-0.25, -0.2) is 12.8 Å². The van der Waals surface area contributed by atoms with Crippen molar-refractivity contribution in [1.29, 1.82) is 0 Å². The Kier molecular flexibility index (Phi) is 5.79.